The Labute approximate surface area is 151 Å². The first-order valence-electron chi connectivity index (χ1n) is 8.66. The summed E-state index contributed by atoms with van der Waals surface area (Å²) >= 11 is 0. The highest BCUT2D eigenvalue weighted by molar-refractivity contribution is 5.70. The lowest BCUT2D eigenvalue weighted by molar-refractivity contribution is 0.0599. The number of benzene rings is 1. The molecule has 2 aliphatic heterocycles. The smallest absolute Gasteiger partial charge is 0.410 e. The first kappa shape index (κ1) is 18.3. The molecule has 0 aromatic heterocycles. The van der Waals surface area contributed by atoms with Crippen molar-refractivity contribution in [2.24, 2.45) is 0 Å². The normalized spacial score (nSPS) is 23.1. The highest BCUT2D eigenvalue weighted by atomic mass is 19.1. The van der Waals surface area contributed by atoms with Gasteiger partial charge in [0.05, 0.1) is 6.04 Å². The molecule has 0 spiro atoms. The molecule has 3 rings (SSSR count). The molecular weight excluding hydrogens is 338 g/mol. The summed E-state index contributed by atoms with van der Waals surface area (Å²) in [7, 11) is 0. The van der Waals surface area contributed by atoms with Gasteiger partial charge in [-0.2, -0.15) is 0 Å². The van der Waals surface area contributed by atoms with Crippen LogP contribution < -0.4 is 5.32 Å². The van der Waals surface area contributed by atoms with Crippen LogP contribution in [0.4, 0.5) is 13.6 Å². The first-order chi connectivity index (χ1) is 12.5. The number of ether oxygens (including phenoxy) is 1. The van der Waals surface area contributed by atoms with Crippen LogP contribution in [0.2, 0.25) is 0 Å². The van der Waals surface area contributed by atoms with Crippen molar-refractivity contribution in [3.63, 3.8) is 0 Å². The minimum atomic E-state index is -0.725. The fourth-order valence-electron chi connectivity index (χ4n) is 3.51. The van der Waals surface area contributed by atoms with Gasteiger partial charge in [0.15, 0.2) is 0 Å². The Balaban J connectivity index is 1.99. The van der Waals surface area contributed by atoms with Crippen molar-refractivity contribution >= 4 is 6.09 Å². The topological polar surface area (TPSA) is 41.6 Å². The number of nitrogens with zero attached hydrogens (tertiary/aromatic N) is 1. The Hall–Kier alpha value is -2.47. The number of hydrogen-bond donors (Lipinski definition) is 1. The Morgan fingerprint density at radius 3 is 2.73 bits per heavy atom. The third-order valence-corrected chi connectivity index (χ3v) is 4.84. The molecule has 1 aromatic carbocycles. The highest BCUT2D eigenvalue weighted by Crippen LogP contribution is 2.38. The average Bonchev–Trinajstić information content (AvgIpc) is 3.13. The van der Waals surface area contributed by atoms with Crippen LogP contribution in [0.25, 0.3) is 0 Å². The second-order valence-electron chi connectivity index (χ2n) is 6.40. The number of hydrogen-bond acceptors (Lipinski definition) is 3. The van der Waals surface area contributed by atoms with Crippen LogP contribution in [0.15, 0.2) is 54.7 Å². The van der Waals surface area contributed by atoms with Gasteiger partial charge in [0.25, 0.3) is 0 Å². The fraction of sp³-hybridized carbons (Fsp3) is 0.350. The molecule has 1 amide bonds. The van der Waals surface area contributed by atoms with Gasteiger partial charge in [0.1, 0.15) is 17.7 Å². The van der Waals surface area contributed by atoms with Crippen LogP contribution >= 0.6 is 0 Å². The molecular formula is C20H22F2N2O2. The zero-order valence-corrected chi connectivity index (χ0v) is 14.5. The minimum absolute atomic E-state index is 0.196. The Morgan fingerprint density at radius 1 is 1.31 bits per heavy atom. The van der Waals surface area contributed by atoms with E-state index >= 15 is 0 Å². The summed E-state index contributed by atoms with van der Waals surface area (Å²) < 4.78 is 33.4. The second-order valence-corrected chi connectivity index (χ2v) is 6.40. The van der Waals surface area contributed by atoms with Gasteiger partial charge in [-0.05, 0) is 36.6 Å². The molecule has 4 nitrogen and oxygen atoms in total. The molecule has 138 valence electrons. The van der Waals surface area contributed by atoms with Crippen molar-refractivity contribution in [1.29, 1.82) is 0 Å². The monoisotopic (exact) mass is 360 g/mol. The zero-order valence-electron chi connectivity index (χ0n) is 14.5. The molecule has 1 saturated heterocycles. The maximum atomic E-state index is 14.5. The zero-order chi connectivity index (χ0) is 18.7. The Kier molecular flexibility index (Phi) is 5.52. The number of allylic oxidation sites excluding steroid dienone is 1. The van der Waals surface area contributed by atoms with Gasteiger partial charge in [0.2, 0.25) is 0 Å². The highest BCUT2D eigenvalue weighted by Gasteiger charge is 2.36. The van der Waals surface area contributed by atoms with Crippen LogP contribution in [0.3, 0.4) is 0 Å². The molecule has 0 bridgehead atoms. The molecule has 0 radical (unpaired) electrons. The standard InChI is InChI=1S/C20H22F2N2O2/c1-3-13-8-10-24(20(25)26-15-7-9-23-12-15)19(16(13)4-2)17-6-5-14(21)11-18(17)22/h3-6,11,15,19,23H,1-2,7-10,12H2. The van der Waals surface area contributed by atoms with Crippen LogP contribution in [0.5, 0.6) is 0 Å². The summed E-state index contributed by atoms with van der Waals surface area (Å²) in [6, 6.07) is 2.65. The number of carbonyl (C=O) groups excluding carboxylic acids is 1. The predicted molar refractivity (Wildman–Crippen MR) is 95.6 cm³/mol. The van der Waals surface area contributed by atoms with E-state index in [-0.39, 0.29) is 11.7 Å². The third-order valence-electron chi connectivity index (χ3n) is 4.84. The van der Waals surface area contributed by atoms with Crippen LogP contribution in [-0.2, 0) is 4.74 Å². The number of nitrogens with one attached hydrogen (secondary N) is 1. The Bertz CT molecular complexity index is 754. The van der Waals surface area contributed by atoms with Crippen molar-refractivity contribution in [2.45, 2.75) is 25.0 Å². The van der Waals surface area contributed by atoms with Crippen molar-refractivity contribution in [3.05, 3.63) is 71.9 Å². The molecule has 2 atom stereocenters. The number of amides is 1. The fourth-order valence-corrected chi connectivity index (χ4v) is 3.51. The summed E-state index contributed by atoms with van der Waals surface area (Å²) in [5.41, 5.74) is 1.78. The molecule has 0 aliphatic carbocycles. The molecule has 26 heavy (non-hydrogen) atoms. The minimum Gasteiger partial charge on any atom is -0.445 e. The van der Waals surface area contributed by atoms with Crippen LogP contribution in [-0.4, -0.2) is 36.7 Å². The van der Waals surface area contributed by atoms with Gasteiger partial charge < -0.3 is 10.1 Å². The molecule has 1 fully saturated rings. The van der Waals surface area contributed by atoms with Crippen LogP contribution in [0.1, 0.15) is 24.4 Å². The summed E-state index contributed by atoms with van der Waals surface area (Å²) in [6.07, 6.45) is 3.91. The lowest BCUT2D eigenvalue weighted by Gasteiger charge is -2.37. The van der Waals surface area contributed by atoms with E-state index in [2.05, 4.69) is 18.5 Å². The second kappa shape index (κ2) is 7.83. The SMILES string of the molecule is C=CC1=C(C=C)C(c2ccc(F)cc2F)N(C(=O)OC2CCNC2)CC1. The first-order valence-corrected chi connectivity index (χ1v) is 8.66. The van der Waals surface area contributed by atoms with Gasteiger partial charge in [-0.3, -0.25) is 4.90 Å². The lowest BCUT2D eigenvalue weighted by Crippen LogP contribution is -2.42. The van der Waals surface area contributed by atoms with Gasteiger partial charge in [-0.15, -0.1) is 0 Å². The maximum absolute atomic E-state index is 14.5. The van der Waals surface area contributed by atoms with Gasteiger partial charge >= 0.3 is 6.09 Å². The quantitative estimate of drug-likeness (QED) is 0.886. The summed E-state index contributed by atoms with van der Waals surface area (Å²) in [6.45, 7) is 9.38. The molecule has 1 aromatic rings. The van der Waals surface area contributed by atoms with Crippen LogP contribution in [0, 0.1) is 11.6 Å². The molecule has 0 saturated carbocycles. The molecule has 2 aliphatic rings. The molecule has 2 heterocycles. The van der Waals surface area contributed by atoms with Gasteiger partial charge in [0, 0.05) is 24.7 Å². The number of rotatable bonds is 4. The van der Waals surface area contributed by atoms with Crippen molar-refractivity contribution in [3.8, 4) is 0 Å². The van der Waals surface area contributed by atoms with Gasteiger partial charge in [-0.25, -0.2) is 13.6 Å². The van der Waals surface area contributed by atoms with E-state index in [4.69, 9.17) is 4.74 Å². The van der Waals surface area contributed by atoms with Crippen molar-refractivity contribution < 1.29 is 18.3 Å². The largest absolute Gasteiger partial charge is 0.445 e. The Morgan fingerprint density at radius 2 is 2.12 bits per heavy atom. The summed E-state index contributed by atoms with van der Waals surface area (Å²) in [5.74, 6) is -1.37. The van der Waals surface area contributed by atoms with E-state index in [1.807, 2.05) is 0 Å². The summed E-state index contributed by atoms with van der Waals surface area (Å²) in [4.78, 5) is 14.3. The average molecular weight is 360 g/mol. The number of halogens is 2. The molecule has 1 N–H and O–H groups in total. The molecule has 6 heteroatoms. The van der Waals surface area contributed by atoms with E-state index in [9.17, 15) is 13.6 Å². The van der Waals surface area contributed by atoms with E-state index in [0.29, 0.717) is 25.1 Å². The van der Waals surface area contributed by atoms with E-state index in [1.54, 1.807) is 12.2 Å². The van der Waals surface area contributed by atoms with Gasteiger partial charge in [-0.1, -0.05) is 31.4 Å². The predicted octanol–water partition coefficient (Wildman–Crippen LogP) is 3.88. The number of carbonyl (C=O) groups is 1. The molecule has 2 unspecified atom stereocenters. The van der Waals surface area contributed by atoms with E-state index in [0.717, 1.165) is 24.6 Å². The van der Waals surface area contributed by atoms with Crippen molar-refractivity contribution in [1.82, 2.24) is 10.2 Å². The summed E-state index contributed by atoms with van der Waals surface area (Å²) in [5, 5.41) is 3.14. The third kappa shape index (κ3) is 3.55. The lowest BCUT2D eigenvalue weighted by atomic mass is 9.88. The van der Waals surface area contributed by atoms with E-state index in [1.165, 1.54) is 17.0 Å². The van der Waals surface area contributed by atoms with Crippen molar-refractivity contribution in [2.75, 3.05) is 19.6 Å². The maximum Gasteiger partial charge on any atom is 0.410 e. The van der Waals surface area contributed by atoms with E-state index < -0.39 is 23.8 Å².